The van der Waals surface area contributed by atoms with Gasteiger partial charge in [0.15, 0.2) is 0 Å². The molecule has 0 saturated carbocycles. The number of nitrogens with two attached hydrogens (primary N) is 1. The van der Waals surface area contributed by atoms with E-state index in [2.05, 4.69) is 0 Å². The summed E-state index contributed by atoms with van der Waals surface area (Å²) in [5.41, 5.74) is 5.94. The second-order valence-electron chi connectivity index (χ2n) is 4.38. The molecule has 15 heavy (non-hydrogen) atoms. The van der Waals surface area contributed by atoms with E-state index in [0.717, 1.165) is 0 Å². The zero-order valence-electron chi connectivity index (χ0n) is 10.1. The highest BCUT2D eigenvalue weighted by Gasteiger charge is 2.20. The lowest BCUT2D eigenvalue weighted by molar-refractivity contribution is 0.0417. The summed E-state index contributed by atoms with van der Waals surface area (Å²) in [7, 11) is -1.23. The van der Waals surface area contributed by atoms with Gasteiger partial charge in [-0.1, -0.05) is 13.8 Å². The Kier molecular flexibility index (Phi) is 6.40. The Morgan fingerprint density at radius 3 is 2.20 bits per heavy atom. The minimum Gasteiger partial charge on any atom is -0.380 e. The topological polar surface area (TPSA) is 69.4 Å². The van der Waals surface area contributed by atoms with Gasteiger partial charge in [0.05, 0.1) is 6.10 Å². The zero-order chi connectivity index (χ0) is 12.1. The van der Waals surface area contributed by atoms with E-state index in [9.17, 15) is 8.42 Å². The molecule has 0 amide bonds. The predicted octanol–water partition coefficient (Wildman–Crippen LogP) is 0.809. The third-order valence-electron chi connectivity index (χ3n) is 2.40. The van der Waals surface area contributed by atoms with Gasteiger partial charge in [-0.2, -0.15) is 0 Å². The molecular weight excluding hydrogens is 214 g/mol. The van der Waals surface area contributed by atoms with Crippen LogP contribution in [0.4, 0.5) is 0 Å². The standard InChI is InChI=1S/C10H23NO3S/c1-8(2)10(14-3)9(11)6-5-7-15(4,12)13/h8-10H,5-7,11H2,1-4H3. The van der Waals surface area contributed by atoms with Crippen LogP contribution in [0.15, 0.2) is 0 Å². The maximum atomic E-state index is 10.9. The van der Waals surface area contributed by atoms with Crippen LogP contribution in [0.1, 0.15) is 26.7 Å². The van der Waals surface area contributed by atoms with Gasteiger partial charge in [-0.3, -0.25) is 0 Å². The molecule has 0 aliphatic heterocycles. The number of ether oxygens (including phenoxy) is 1. The fourth-order valence-electron chi connectivity index (χ4n) is 1.69. The summed E-state index contributed by atoms with van der Waals surface area (Å²) in [4.78, 5) is 0. The van der Waals surface area contributed by atoms with E-state index in [1.54, 1.807) is 7.11 Å². The van der Waals surface area contributed by atoms with Crippen molar-refractivity contribution in [1.82, 2.24) is 0 Å². The molecule has 0 saturated heterocycles. The Bertz CT molecular complexity index is 262. The van der Waals surface area contributed by atoms with Crippen molar-refractivity contribution in [3.8, 4) is 0 Å². The molecule has 0 bridgehead atoms. The zero-order valence-corrected chi connectivity index (χ0v) is 10.9. The van der Waals surface area contributed by atoms with E-state index in [-0.39, 0.29) is 17.9 Å². The van der Waals surface area contributed by atoms with Crippen LogP contribution >= 0.6 is 0 Å². The number of sulfone groups is 1. The molecule has 0 aromatic heterocycles. The lowest BCUT2D eigenvalue weighted by atomic mass is 9.97. The van der Waals surface area contributed by atoms with Crippen LogP contribution in [0.2, 0.25) is 0 Å². The van der Waals surface area contributed by atoms with Gasteiger partial charge in [-0.25, -0.2) is 8.42 Å². The highest BCUT2D eigenvalue weighted by molar-refractivity contribution is 7.90. The Morgan fingerprint density at radius 2 is 1.87 bits per heavy atom. The first-order chi connectivity index (χ1) is 6.78. The van der Waals surface area contributed by atoms with Gasteiger partial charge in [0, 0.05) is 25.2 Å². The molecule has 0 spiro atoms. The van der Waals surface area contributed by atoms with Gasteiger partial charge >= 0.3 is 0 Å². The normalized spacial score (nSPS) is 16.7. The molecule has 0 fully saturated rings. The smallest absolute Gasteiger partial charge is 0.147 e. The van der Waals surface area contributed by atoms with Crippen LogP contribution < -0.4 is 5.73 Å². The largest absolute Gasteiger partial charge is 0.380 e. The summed E-state index contributed by atoms with van der Waals surface area (Å²) in [6, 6.07) is -0.0863. The van der Waals surface area contributed by atoms with Gasteiger partial charge < -0.3 is 10.5 Å². The van der Waals surface area contributed by atoms with Gasteiger partial charge in [0.1, 0.15) is 9.84 Å². The molecule has 0 aromatic rings. The van der Waals surface area contributed by atoms with Gasteiger partial charge in [0.25, 0.3) is 0 Å². The lowest BCUT2D eigenvalue weighted by Crippen LogP contribution is -2.39. The second-order valence-corrected chi connectivity index (χ2v) is 6.64. The van der Waals surface area contributed by atoms with E-state index >= 15 is 0 Å². The van der Waals surface area contributed by atoms with Gasteiger partial charge in [0.2, 0.25) is 0 Å². The van der Waals surface area contributed by atoms with Crippen molar-refractivity contribution in [2.45, 2.75) is 38.8 Å². The lowest BCUT2D eigenvalue weighted by Gasteiger charge is -2.25. The average Bonchev–Trinajstić information content (AvgIpc) is 2.01. The molecule has 2 N–H and O–H groups in total. The molecule has 0 aliphatic carbocycles. The highest BCUT2D eigenvalue weighted by Crippen LogP contribution is 2.12. The molecule has 4 nitrogen and oxygen atoms in total. The average molecular weight is 237 g/mol. The third kappa shape index (κ3) is 6.87. The summed E-state index contributed by atoms with van der Waals surface area (Å²) in [6.45, 7) is 4.09. The summed E-state index contributed by atoms with van der Waals surface area (Å²) >= 11 is 0. The van der Waals surface area contributed by atoms with Crippen LogP contribution in [-0.2, 0) is 14.6 Å². The molecule has 0 aliphatic rings. The molecule has 0 aromatic carbocycles. The SMILES string of the molecule is COC(C(C)C)C(N)CCCS(C)(=O)=O. The van der Waals surface area contributed by atoms with E-state index in [1.165, 1.54) is 6.26 Å². The number of rotatable bonds is 7. The van der Waals surface area contributed by atoms with Crippen LogP contribution in [0, 0.1) is 5.92 Å². The summed E-state index contributed by atoms with van der Waals surface area (Å²) in [5.74, 6) is 0.554. The Hall–Kier alpha value is -0.130. The molecule has 0 radical (unpaired) electrons. The van der Waals surface area contributed by atoms with E-state index in [0.29, 0.717) is 18.8 Å². The van der Waals surface area contributed by atoms with E-state index in [1.807, 2.05) is 13.8 Å². The summed E-state index contributed by atoms with van der Waals surface area (Å²) < 4.78 is 27.1. The third-order valence-corrected chi connectivity index (χ3v) is 3.43. The van der Waals surface area contributed by atoms with Crippen molar-refractivity contribution in [3.05, 3.63) is 0 Å². The fraction of sp³-hybridized carbons (Fsp3) is 1.00. The fourth-order valence-corrected chi connectivity index (χ4v) is 2.38. The second kappa shape index (κ2) is 6.45. The molecule has 2 atom stereocenters. The maximum absolute atomic E-state index is 10.9. The first-order valence-electron chi connectivity index (χ1n) is 5.24. The van der Waals surface area contributed by atoms with E-state index in [4.69, 9.17) is 10.5 Å². The van der Waals surface area contributed by atoms with E-state index < -0.39 is 9.84 Å². The van der Waals surface area contributed by atoms with Crippen LogP contribution in [-0.4, -0.2) is 39.7 Å². The van der Waals surface area contributed by atoms with Crippen molar-refractivity contribution in [1.29, 1.82) is 0 Å². The minimum atomic E-state index is -2.87. The molecule has 0 rings (SSSR count). The molecule has 0 heterocycles. The van der Waals surface area contributed by atoms with Crippen molar-refractivity contribution >= 4 is 9.84 Å². The summed E-state index contributed by atoms with van der Waals surface area (Å²) in [6.07, 6.45) is 2.54. The monoisotopic (exact) mass is 237 g/mol. The molecule has 92 valence electrons. The van der Waals surface area contributed by atoms with Crippen LogP contribution in [0.5, 0.6) is 0 Å². The van der Waals surface area contributed by atoms with Crippen molar-refractivity contribution < 1.29 is 13.2 Å². The Balaban J connectivity index is 3.97. The molecule has 5 heteroatoms. The minimum absolute atomic E-state index is 0.00422. The van der Waals surface area contributed by atoms with Crippen LogP contribution in [0.3, 0.4) is 0 Å². The number of hydrogen-bond acceptors (Lipinski definition) is 4. The maximum Gasteiger partial charge on any atom is 0.147 e. The van der Waals surface area contributed by atoms with Gasteiger partial charge in [-0.15, -0.1) is 0 Å². The number of hydrogen-bond donors (Lipinski definition) is 1. The predicted molar refractivity (Wildman–Crippen MR) is 62.6 cm³/mol. The number of methoxy groups -OCH3 is 1. The first kappa shape index (κ1) is 14.9. The van der Waals surface area contributed by atoms with Gasteiger partial charge in [-0.05, 0) is 18.8 Å². The van der Waals surface area contributed by atoms with Crippen molar-refractivity contribution in [3.63, 3.8) is 0 Å². The first-order valence-corrected chi connectivity index (χ1v) is 7.30. The van der Waals surface area contributed by atoms with Crippen LogP contribution in [0.25, 0.3) is 0 Å². The highest BCUT2D eigenvalue weighted by atomic mass is 32.2. The Morgan fingerprint density at radius 1 is 1.33 bits per heavy atom. The van der Waals surface area contributed by atoms with Crippen molar-refractivity contribution in [2.24, 2.45) is 11.7 Å². The van der Waals surface area contributed by atoms with Crippen molar-refractivity contribution in [2.75, 3.05) is 19.1 Å². The summed E-state index contributed by atoms with van der Waals surface area (Å²) in [5, 5.41) is 0. The quantitative estimate of drug-likeness (QED) is 0.711. The molecule has 2 unspecified atom stereocenters. The molecular formula is C10H23NO3S. The Labute approximate surface area is 93.1 Å².